The molecule has 1 aromatic rings. The summed E-state index contributed by atoms with van der Waals surface area (Å²) in [5.74, 6) is 0.629. The standard InChI is InChI=1S/C23H30/c1-7-16(3)10-9-11-22-18(5)14-21-15-20(17(4)8-2)12-13-23(21)19(22)6/h7,12-13,15,17H,1,3,5,8-11,14H2,2,4,6H3. The van der Waals surface area contributed by atoms with E-state index in [0.717, 1.165) is 31.3 Å². The lowest BCUT2D eigenvalue weighted by atomic mass is 9.80. The van der Waals surface area contributed by atoms with Crippen LogP contribution in [0.5, 0.6) is 0 Å². The van der Waals surface area contributed by atoms with Crippen molar-refractivity contribution in [2.45, 2.75) is 58.8 Å². The van der Waals surface area contributed by atoms with E-state index in [1.165, 1.54) is 39.8 Å². The normalized spacial score (nSPS) is 15.3. The minimum Gasteiger partial charge on any atom is -0.0988 e. The van der Waals surface area contributed by atoms with Crippen LogP contribution in [-0.4, -0.2) is 0 Å². The molecule has 1 atom stereocenters. The average molecular weight is 306 g/mol. The van der Waals surface area contributed by atoms with Gasteiger partial charge in [0.15, 0.2) is 0 Å². The smallest absolute Gasteiger partial charge is 0.00227 e. The Morgan fingerprint density at radius 1 is 1.35 bits per heavy atom. The lowest BCUT2D eigenvalue weighted by molar-refractivity contribution is 0.731. The quantitative estimate of drug-likeness (QED) is 0.476. The van der Waals surface area contributed by atoms with Gasteiger partial charge in [0.05, 0.1) is 0 Å². The summed E-state index contributed by atoms with van der Waals surface area (Å²) in [5, 5.41) is 0. The fraction of sp³-hybridized carbons (Fsp3) is 0.391. The Morgan fingerprint density at radius 3 is 2.74 bits per heavy atom. The van der Waals surface area contributed by atoms with Gasteiger partial charge < -0.3 is 0 Å². The first-order valence-corrected chi connectivity index (χ1v) is 8.79. The summed E-state index contributed by atoms with van der Waals surface area (Å²) in [4.78, 5) is 0. The fourth-order valence-electron chi connectivity index (χ4n) is 3.39. The van der Waals surface area contributed by atoms with E-state index in [4.69, 9.17) is 0 Å². The Hall–Kier alpha value is -1.82. The molecule has 0 aliphatic heterocycles. The van der Waals surface area contributed by atoms with Crippen molar-refractivity contribution in [2.75, 3.05) is 0 Å². The summed E-state index contributed by atoms with van der Waals surface area (Å²) in [6, 6.07) is 7.03. The topological polar surface area (TPSA) is 0 Å². The lowest BCUT2D eigenvalue weighted by Gasteiger charge is -2.25. The van der Waals surface area contributed by atoms with Gasteiger partial charge in [-0.05, 0) is 78.4 Å². The summed E-state index contributed by atoms with van der Waals surface area (Å²) >= 11 is 0. The summed E-state index contributed by atoms with van der Waals surface area (Å²) in [6.45, 7) is 19.0. The highest BCUT2D eigenvalue weighted by atomic mass is 14.2. The first kappa shape index (κ1) is 17.5. The number of rotatable bonds is 7. The molecule has 0 nitrogen and oxygen atoms in total. The van der Waals surface area contributed by atoms with Gasteiger partial charge in [-0.15, -0.1) is 0 Å². The summed E-state index contributed by atoms with van der Waals surface area (Å²) in [7, 11) is 0. The summed E-state index contributed by atoms with van der Waals surface area (Å²) < 4.78 is 0. The zero-order chi connectivity index (χ0) is 17.0. The Balaban J connectivity index is 2.23. The molecule has 0 fully saturated rings. The third-order valence-electron chi connectivity index (χ3n) is 5.21. The van der Waals surface area contributed by atoms with Gasteiger partial charge in [0, 0.05) is 0 Å². The van der Waals surface area contributed by atoms with E-state index in [-0.39, 0.29) is 0 Å². The van der Waals surface area contributed by atoms with Gasteiger partial charge in [0.25, 0.3) is 0 Å². The van der Waals surface area contributed by atoms with Crippen LogP contribution in [0.4, 0.5) is 0 Å². The molecular weight excluding hydrogens is 276 g/mol. The molecule has 0 heterocycles. The van der Waals surface area contributed by atoms with E-state index in [9.17, 15) is 0 Å². The summed E-state index contributed by atoms with van der Waals surface area (Å²) in [6.07, 6.45) is 7.28. The molecule has 1 aromatic carbocycles. The summed E-state index contributed by atoms with van der Waals surface area (Å²) in [5.41, 5.74) is 9.61. The van der Waals surface area contributed by atoms with Gasteiger partial charge in [-0.25, -0.2) is 0 Å². The van der Waals surface area contributed by atoms with E-state index in [1.807, 2.05) is 6.08 Å². The molecule has 2 rings (SSSR count). The highest BCUT2D eigenvalue weighted by molar-refractivity contribution is 5.76. The largest absolute Gasteiger partial charge is 0.0988 e. The first-order chi connectivity index (χ1) is 11.0. The second-order valence-electron chi connectivity index (χ2n) is 6.83. The number of allylic oxidation sites excluding steroid dienone is 5. The van der Waals surface area contributed by atoms with Crippen molar-refractivity contribution in [1.29, 1.82) is 0 Å². The van der Waals surface area contributed by atoms with Crippen LogP contribution >= 0.6 is 0 Å². The van der Waals surface area contributed by atoms with Crippen LogP contribution in [0.3, 0.4) is 0 Å². The maximum absolute atomic E-state index is 4.36. The zero-order valence-corrected chi connectivity index (χ0v) is 15.0. The predicted molar refractivity (Wildman–Crippen MR) is 104 cm³/mol. The van der Waals surface area contributed by atoms with Crippen molar-refractivity contribution in [3.63, 3.8) is 0 Å². The number of fused-ring (bicyclic) bond motifs is 1. The first-order valence-electron chi connectivity index (χ1n) is 8.79. The van der Waals surface area contributed by atoms with Crippen LogP contribution in [-0.2, 0) is 6.42 Å². The van der Waals surface area contributed by atoms with Crippen molar-refractivity contribution < 1.29 is 0 Å². The van der Waals surface area contributed by atoms with Crippen molar-refractivity contribution in [1.82, 2.24) is 0 Å². The number of hydrogen-bond donors (Lipinski definition) is 0. The molecule has 23 heavy (non-hydrogen) atoms. The van der Waals surface area contributed by atoms with Gasteiger partial charge >= 0.3 is 0 Å². The Labute approximate surface area is 142 Å². The fourth-order valence-corrected chi connectivity index (χ4v) is 3.39. The monoisotopic (exact) mass is 306 g/mol. The van der Waals surface area contributed by atoms with Crippen LogP contribution in [0, 0.1) is 0 Å². The molecule has 122 valence electrons. The van der Waals surface area contributed by atoms with E-state index in [2.05, 4.69) is 58.7 Å². The maximum atomic E-state index is 4.36. The molecule has 0 bridgehead atoms. The van der Waals surface area contributed by atoms with Crippen LogP contribution in [0.15, 0.2) is 60.7 Å². The van der Waals surface area contributed by atoms with E-state index >= 15 is 0 Å². The van der Waals surface area contributed by atoms with Gasteiger partial charge in [-0.2, -0.15) is 0 Å². The molecule has 1 aliphatic carbocycles. The molecule has 0 saturated carbocycles. The molecular formula is C23H30. The second-order valence-corrected chi connectivity index (χ2v) is 6.83. The highest BCUT2D eigenvalue weighted by Crippen LogP contribution is 2.37. The highest BCUT2D eigenvalue weighted by Gasteiger charge is 2.19. The minimum atomic E-state index is 0.629. The third kappa shape index (κ3) is 3.93. The van der Waals surface area contributed by atoms with Crippen LogP contribution in [0.1, 0.15) is 69.1 Å². The number of hydrogen-bond acceptors (Lipinski definition) is 0. The SMILES string of the molecule is C=CC(=C)CCCC1=C(C)c2ccc(C(C)CC)cc2CC1=C. The molecule has 0 saturated heterocycles. The van der Waals surface area contributed by atoms with Crippen molar-refractivity contribution in [3.05, 3.63) is 77.4 Å². The second kappa shape index (κ2) is 7.64. The minimum absolute atomic E-state index is 0.629. The van der Waals surface area contributed by atoms with Crippen LogP contribution < -0.4 is 0 Å². The predicted octanol–water partition coefficient (Wildman–Crippen LogP) is 7.00. The van der Waals surface area contributed by atoms with Crippen molar-refractivity contribution >= 4 is 5.57 Å². The van der Waals surface area contributed by atoms with E-state index in [0.29, 0.717) is 5.92 Å². The molecule has 0 radical (unpaired) electrons. The average Bonchev–Trinajstić information content (AvgIpc) is 2.56. The molecule has 0 aromatic heterocycles. The molecule has 0 spiro atoms. The van der Waals surface area contributed by atoms with Crippen molar-refractivity contribution in [2.24, 2.45) is 0 Å². The third-order valence-corrected chi connectivity index (χ3v) is 5.21. The van der Waals surface area contributed by atoms with Crippen LogP contribution in [0.25, 0.3) is 5.57 Å². The molecule has 0 amide bonds. The lowest BCUT2D eigenvalue weighted by Crippen LogP contribution is -2.08. The van der Waals surface area contributed by atoms with Crippen LogP contribution in [0.2, 0.25) is 0 Å². The van der Waals surface area contributed by atoms with E-state index in [1.54, 1.807) is 0 Å². The van der Waals surface area contributed by atoms with Gasteiger partial charge in [0.1, 0.15) is 0 Å². The van der Waals surface area contributed by atoms with E-state index < -0.39 is 0 Å². The van der Waals surface area contributed by atoms with Gasteiger partial charge in [-0.1, -0.05) is 63.4 Å². The molecule has 0 heteroatoms. The number of benzene rings is 1. The molecule has 0 N–H and O–H groups in total. The Bertz CT molecular complexity index is 655. The maximum Gasteiger partial charge on any atom is -0.00227 e. The van der Waals surface area contributed by atoms with Crippen molar-refractivity contribution in [3.8, 4) is 0 Å². The van der Waals surface area contributed by atoms with Gasteiger partial charge in [0.2, 0.25) is 0 Å². The molecule has 1 aliphatic rings. The Morgan fingerprint density at radius 2 is 2.09 bits per heavy atom. The van der Waals surface area contributed by atoms with Gasteiger partial charge in [-0.3, -0.25) is 0 Å². The Kier molecular flexibility index (Phi) is 5.82. The zero-order valence-electron chi connectivity index (χ0n) is 15.0. The molecule has 1 unspecified atom stereocenters.